The number of hydrogen-bond acceptors (Lipinski definition) is 4. The number of carbonyl (C=O) groups is 1. The van der Waals surface area contributed by atoms with Gasteiger partial charge in [-0.15, -0.1) is 0 Å². The molecule has 0 amide bonds. The van der Waals surface area contributed by atoms with Gasteiger partial charge in [0.15, 0.2) is 0 Å². The average Bonchev–Trinajstić information content (AvgIpc) is 2.92. The molecular weight excluding hydrogens is 302 g/mol. The summed E-state index contributed by atoms with van der Waals surface area (Å²) in [6.07, 6.45) is 1.99. The first-order valence-corrected chi connectivity index (χ1v) is 8.34. The number of ether oxygens (including phenoxy) is 1. The molecule has 0 spiro atoms. The van der Waals surface area contributed by atoms with Crippen LogP contribution in [0.4, 0.5) is 0 Å². The first-order chi connectivity index (χ1) is 10.2. The molecule has 1 heterocycles. The minimum Gasteiger partial charge on any atom is -0.471 e. The number of allylic oxidation sites excluding steroid dienone is 1. The molecule has 3 nitrogen and oxygen atoms in total. The van der Waals surface area contributed by atoms with E-state index in [-0.39, 0.29) is 12.3 Å². The van der Waals surface area contributed by atoms with E-state index in [1.54, 1.807) is 18.7 Å². The molecule has 0 fully saturated rings. The molecule has 0 aromatic heterocycles. The van der Waals surface area contributed by atoms with Crippen LogP contribution in [0.3, 0.4) is 0 Å². The van der Waals surface area contributed by atoms with Gasteiger partial charge >= 0.3 is 5.97 Å². The normalized spacial score (nSPS) is 18.7. The Labute approximate surface area is 132 Å². The molecule has 0 atom stereocenters. The van der Waals surface area contributed by atoms with Gasteiger partial charge in [-0.2, -0.15) is 0 Å². The smallest absolute Gasteiger partial charge is 0.338 e. The lowest BCUT2D eigenvalue weighted by atomic mass is 9.97. The van der Waals surface area contributed by atoms with Crippen LogP contribution in [0, 0.1) is 6.57 Å². The predicted octanol–water partition coefficient (Wildman–Crippen LogP) is 4.43. The van der Waals surface area contributed by atoms with Crippen LogP contribution in [0.1, 0.15) is 24.5 Å². The molecule has 0 unspecified atom stereocenters. The molecular formula is C16H13NO2S2. The Morgan fingerprint density at radius 2 is 2.14 bits per heavy atom. The molecule has 0 saturated carbocycles. The molecule has 0 saturated heterocycles. The van der Waals surface area contributed by atoms with Crippen molar-refractivity contribution in [3.63, 3.8) is 0 Å². The predicted molar refractivity (Wildman–Crippen MR) is 87.1 cm³/mol. The Bertz CT molecular complexity index is 713. The Morgan fingerprint density at radius 3 is 2.90 bits per heavy atom. The van der Waals surface area contributed by atoms with Crippen molar-refractivity contribution in [1.29, 1.82) is 0 Å². The van der Waals surface area contributed by atoms with Crippen molar-refractivity contribution in [3.8, 4) is 0 Å². The quantitative estimate of drug-likeness (QED) is 0.459. The van der Waals surface area contributed by atoms with Crippen molar-refractivity contribution in [1.82, 2.24) is 0 Å². The zero-order valence-corrected chi connectivity index (χ0v) is 13.1. The monoisotopic (exact) mass is 315 g/mol. The Morgan fingerprint density at radius 1 is 1.33 bits per heavy atom. The van der Waals surface area contributed by atoms with Crippen molar-refractivity contribution >= 4 is 34.4 Å². The van der Waals surface area contributed by atoms with Crippen molar-refractivity contribution < 1.29 is 9.53 Å². The highest BCUT2D eigenvalue weighted by Crippen LogP contribution is 2.58. The van der Waals surface area contributed by atoms with Crippen LogP contribution < -0.4 is 0 Å². The highest BCUT2D eigenvalue weighted by Gasteiger charge is 2.31. The summed E-state index contributed by atoms with van der Waals surface area (Å²) >= 11 is 3.08. The second-order valence-corrected chi connectivity index (χ2v) is 6.97. The van der Waals surface area contributed by atoms with Gasteiger partial charge in [-0.1, -0.05) is 47.8 Å². The first-order valence-electron chi connectivity index (χ1n) is 6.70. The topological polar surface area (TPSA) is 30.7 Å². The number of esters is 1. The molecule has 0 N–H and O–H groups in total. The van der Waals surface area contributed by atoms with Crippen LogP contribution in [-0.2, 0) is 16.0 Å². The maximum Gasteiger partial charge on any atom is 0.338 e. The molecule has 0 radical (unpaired) electrons. The van der Waals surface area contributed by atoms with Gasteiger partial charge in [-0.3, -0.25) is 4.79 Å². The number of benzene rings is 1. The van der Waals surface area contributed by atoms with Gasteiger partial charge in [0.05, 0.1) is 17.4 Å². The van der Waals surface area contributed by atoms with Crippen LogP contribution >= 0.6 is 23.5 Å². The minimum absolute atomic E-state index is 0.110. The number of carbonyl (C=O) groups excluding carboxylic acids is 1. The van der Waals surface area contributed by atoms with Gasteiger partial charge in [0.25, 0.3) is 5.70 Å². The van der Waals surface area contributed by atoms with Crippen LogP contribution in [0.25, 0.3) is 9.75 Å². The van der Waals surface area contributed by atoms with Crippen molar-refractivity contribution in [2.24, 2.45) is 0 Å². The molecule has 5 heteroatoms. The van der Waals surface area contributed by atoms with Crippen molar-refractivity contribution in [2.45, 2.75) is 19.8 Å². The van der Waals surface area contributed by atoms with E-state index in [4.69, 9.17) is 11.3 Å². The van der Waals surface area contributed by atoms with Crippen LogP contribution in [0.15, 0.2) is 39.1 Å². The number of nitrogens with zero attached hydrogens (tertiary/aromatic N) is 1. The Kier molecular flexibility index (Phi) is 4.09. The average molecular weight is 315 g/mol. The lowest BCUT2D eigenvalue weighted by molar-refractivity contribution is -0.138. The van der Waals surface area contributed by atoms with E-state index < -0.39 is 5.97 Å². The summed E-state index contributed by atoms with van der Waals surface area (Å²) in [6.45, 7) is 9.30. The van der Waals surface area contributed by atoms with E-state index in [2.05, 4.69) is 23.0 Å². The van der Waals surface area contributed by atoms with E-state index in [1.807, 2.05) is 6.07 Å². The van der Waals surface area contributed by atoms with E-state index in [0.29, 0.717) is 0 Å². The molecule has 106 valence electrons. The highest BCUT2D eigenvalue weighted by molar-refractivity contribution is 8.31. The van der Waals surface area contributed by atoms with Gasteiger partial charge in [0.1, 0.15) is 0 Å². The third kappa shape index (κ3) is 2.61. The SMILES string of the molecule is [C-]#[N+]/C(C(=O)OCC)=C1\SC2=C(S1)c1ccccc1CC2. The fraction of sp³-hybridized carbons (Fsp3) is 0.250. The fourth-order valence-corrected chi connectivity index (χ4v) is 5.14. The standard InChI is InChI=1S/C16H13NO2S2/c1-3-19-15(18)13(17-2)16-20-12-9-8-10-6-4-5-7-11(10)14(12)21-16/h4-7H,3,8-9H2,1H3/b16-13+. The molecule has 0 bridgehead atoms. The first kappa shape index (κ1) is 14.3. The Hall–Kier alpha value is -1.64. The maximum absolute atomic E-state index is 11.9. The van der Waals surface area contributed by atoms with Gasteiger partial charge in [-0.05, 0) is 30.9 Å². The molecule has 1 aromatic carbocycles. The minimum atomic E-state index is -0.518. The lowest BCUT2D eigenvalue weighted by Gasteiger charge is -2.16. The second-order valence-electron chi connectivity index (χ2n) is 4.58. The third-order valence-corrected chi connectivity index (χ3v) is 6.03. The zero-order chi connectivity index (χ0) is 14.8. The van der Waals surface area contributed by atoms with E-state index in [1.165, 1.54) is 32.7 Å². The highest BCUT2D eigenvalue weighted by atomic mass is 32.2. The van der Waals surface area contributed by atoms with Crippen molar-refractivity contribution in [3.05, 3.63) is 61.6 Å². The summed E-state index contributed by atoms with van der Waals surface area (Å²) in [4.78, 5) is 17.7. The van der Waals surface area contributed by atoms with Crippen LogP contribution in [0.2, 0.25) is 0 Å². The van der Waals surface area contributed by atoms with E-state index in [0.717, 1.165) is 17.1 Å². The molecule has 1 aliphatic carbocycles. The summed E-state index contributed by atoms with van der Waals surface area (Å²) in [5.41, 5.74) is 2.68. The summed E-state index contributed by atoms with van der Waals surface area (Å²) < 4.78 is 5.73. The molecule has 1 aromatic rings. The Balaban J connectivity index is 1.95. The van der Waals surface area contributed by atoms with E-state index >= 15 is 0 Å². The number of aryl methyl sites for hydroxylation is 1. The van der Waals surface area contributed by atoms with E-state index in [9.17, 15) is 4.79 Å². The van der Waals surface area contributed by atoms with Crippen LogP contribution in [0.5, 0.6) is 0 Å². The fourth-order valence-electron chi connectivity index (χ4n) is 2.38. The maximum atomic E-state index is 11.9. The number of thioether (sulfide) groups is 2. The second kappa shape index (κ2) is 6.00. The molecule has 21 heavy (non-hydrogen) atoms. The third-order valence-electron chi connectivity index (χ3n) is 3.32. The zero-order valence-electron chi connectivity index (χ0n) is 11.5. The largest absolute Gasteiger partial charge is 0.471 e. The summed E-state index contributed by atoms with van der Waals surface area (Å²) in [6, 6.07) is 8.34. The molecule has 2 aliphatic rings. The van der Waals surface area contributed by atoms with Crippen LogP contribution in [-0.4, -0.2) is 12.6 Å². The molecule has 3 rings (SSSR count). The van der Waals surface area contributed by atoms with Gasteiger partial charge in [-0.25, -0.2) is 4.85 Å². The van der Waals surface area contributed by atoms with Gasteiger partial charge in [0.2, 0.25) is 0 Å². The summed E-state index contributed by atoms with van der Waals surface area (Å²) in [7, 11) is 0. The molecule has 1 aliphatic heterocycles. The van der Waals surface area contributed by atoms with Gasteiger partial charge in [0, 0.05) is 9.81 Å². The lowest BCUT2D eigenvalue weighted by Crippen LogP contribution is -2.05. The number of fused-ring (bicyclic) bond motifs is 2. The number of hydrogen-bond donors (Lipinski definition) is 0. The summed E-state index contributed by atoms with van der Waals surface area (Å²) in [5, 5.41) is 0. The van der Waals surface area contributed by atoms with Crippen molar-refractivity contribution in [2.75, 3.05) is 6.61 Å². The van der Waals surface area contributed by atoms with Gasteiger partial charge < -0.3 is 4.74 Å². The summed E-state index contributed by atoms with van der Waals surface area (Å²) in [5.74, 6) is -0.518. The number of rotatable bonds is 2.